The number of aromatic nitrogens is 3. The Morgan fingerprint density at radius 1 is 1.25 bits per heavy atom. The van der Waals surface area contributed by atoms with Crippen molar-refractivity contribution in [3.63, 3.8) is 0 Å². The number of phenols is 2. The lowest BCUT2D eigenvalue weighted by Crippen LogP contribution is -2.30. The van der Waals surface area contributed by atoms with E-state index < -0.39 is 5.69 Å². The van der Waals surface area contributed by atoms with E-state index in [1.807, 2.05) is 6.92 Å². The highest BCUT2D eigenvalue weighted by atomic mass is 16.3. The van der Waals surface area contributed by atoms with Crippen LogP contribution in [0.25, 0.3) is 5.69 Å². The first kappa shape index (κ1) is 13.8. The van der Waals surface area contributed by atoms with Crippen molar-refractivity contribution in [2.45, 2.75) is 13.8 Å². The van der Waals surface area contributed by atoms with Crippen LogP contribution in [0.3, 0.4) is 0 Å². The molecule has 0 amide bonds. The van der Waals surface area contributed by atoms with Gasteiger partial charge in [-0.1, -0.05) is 6.92 Å². The maximum absolute atomic E-state index is 12.0. The molecule has 106 valence electrons. The summed E-state index contributed by atoms with van der Waals surface area (Å²) in [6.45, 7) is 4.18. The molecule has 8 nitrogen and oxygen atoms in total. The van der Waals surface area contributed by atoms with Gasteiger partial charge >= 0.3 is 5.69 Å². The Kier molecular flexibility index (Phi) is 3.85. The average molecular weight is 277 g/mol. The van der Waals surface area contributed by atoms with Crippen LogP contribution in [0.2, 0.25) is 0 Å². The van der Waals surface area contributed by atoms with Gasteiger partial charge in [-0.2, -0.15) is 9.97 Å². The molecular weight excluding hydrogens is 262 g/mol. The molecule has 0 spiro atoms. The van der Waals surface area contributed by atoms with E-state index in [4.69, 9.17) is 0 Å². The number of hydrazine groups is 1. The molecule has 1 aromatic carbocycles. The molecule has 8 heteroatoms. The van der Waals surface area contributed by atoms with Gasteiger partial charge in [0.1, 0.15) is 5.82 Å². The summed E-state index contributed by atoms with van der Waals surface area (Å²) in [5.41, 5.74) is 5.33. The smallest absolute Gasteiger partial charge is 0.356 e. The Hall–Kier alpha value is -2.61. The van der Waals surface area contributed by atoms with Crippen LogP contribution in [-0.2, 0) is 0 Å². The summed E-state index contributed by atoms with van der Waals surface area (Å²) in [6.07, 6.45) is 0. The maximum atomic E-state index is 12.0. The predicted octanol–water partition coefficient (Wildman–Crippen LogP) is 0.284. The zero-order chi connectivity index (χ0) is 14.7. The van der Waals surface area contributed by atoms with Crippen molar-refractivity contribution in [1.82, 2.24) is 20.0 Å². The van der Waals surface area contributed by atoms with Gasteiger partial charge in [-0.25, -0.2) is 14.8 Å². The summed E-state index contributed by atoms with van der Waals surface area (Å²) in [7, 11) is 0. The van der Waals surface area contributed by atoms with Crippen molar-refractivity contribution in [2.24, 2.45) is 0 Å². The highest BCUT2D eigenvalue weighted by molar-refractivity contribution is 5.47. The fourth-order valence-electron chi connectivity index (χ4n) is 1.68. The first-order valence-corrected chi connectivity index (χ1v) is 6.02. The van der Waals surface area contributed by atoms with E-state index in [-0.39, 0.29) is 17.4 Å². The predicted molar refractivity (Wildman–Crippen MR) is 73.0 cm³/mol. The molecule has 4 N–H and O–H groups in total. The molecule has 0 unspecified atom stereocenters. The zero-order valence-corrected chi connectivity index (χ0v) is 11.1. The summed E-state index contributed by atoms with van der Waals surface area (Å²) in [5.74, 6) is -0.00135. The van der Waals surface area contributed by atoms with Gasteiger partial charge < -0.3 is 10.2 Å². The third-order valence-corrected chi connectivity index (χ3v) is 2.58. The highest BCUT2D eigenvalue weighted by Gasteiger charge is 2.10. The van der Waals surface area contributed by atoms with E-state index in [2.05, 4.69) is 20.8 Å². The van der Waals surface area contributed by atoms with Gasteiger partial charge in [0, 0.05) is 12.6 Å². The van der Waals surface area contributed by atoms with Crippen molar-refractivity contribution in [2.75, 3.05) is 12.0 Å². The molecule has 0 radical (unpaired) electrons. The van der Waals surface area contributed by atoms with Gasteiger partial charge in [-0.15, -0.1) is 0 Å². The molecule has 0 atom stereocenters. The number of aryl methyl sites for hydroxylation is 1. The Bertz CT molecular complexity index is 683. The average Bonchev–Trinajstić information content (AvgIpc) is 2.39. The first-order valence-electron chi connectivity index (χ1n) is 6.02. The second-order valence-corrected chi connectivity index (χ2v) is 4.04. The van der Waals surface area contributed by atoms with Gasteiger partial charge in [0.15, 0.2) is 11.5 Å². The van der Waals surface area contributed by atoms with Crippen LogP contribution in [0.4, 0.5) is 5.95 Å². The quantitative estimate of drug-likeness (QED) is 0.469. The van der Waals surface area contributed by atoms with Gasteiger partial charge in [-0.05, 0) is 19.1 Å². The molecule has 1 heterocycles. The standard InChI is InChI=1S/C12H15N5O3/c1-3-13-16-11-14-7(2)17(12(20)15-11)8-4-5-9(18)10(19)6-8/h4-6,13,18-19H,3H2,1-2H3,(H,15,16,20). The van der Waals surface area contributed by atoms with E-state index in [1.165, 1.54) is 22.8 Å². The largest absolute Gasteiger partial charge is 0.504 e. The van der Waals surface area contributed by atoms with Crippen molar-refractivity contribution < 1.29 is 10.2 Å². The summed E-state index contributed by atoms with van der Waals surface area (Å²) >= 11 is 0. The van der Waals surface area contributed by atoms with Gasteiger partial charge in [0.2, 0.25) is 5.95 Å². The Morgan fingerprint density at radius 3 is 2.60 bits per heavy atom. The highest BCUT2D eigenvalue weighted by Crippen LogP contribution is 2.26. The van der Waals surface area contributed by atoms with E-state index in [1.54, 1.807) is 6.92 Å². The summed E-state index contributed by atoms with van der Waals surface area (Å²) < 4.78 is 1.23. The Balaban J connectivity index is 2.46. The van der Waals surface area contributed by atoms with Crippen molar-refractivity contribution in [3.8, 4) is 17.2 Å². The molecule has 0 fully saturated rings. The van der Waals surface area contributed by atoms with Crippen molar-refractivity contribution in [3.05, 3.63) is 34.5 Å². The number of aromatic hydroxyl groups is 2. The molecule has 20 heavy (non-hydrogen) atoms. The van der Waals surface area contributed by atoms with Gasteiger partial charge in [-0.3, -0.25) is 5.43 Å². The normalized spacial score (nSPS) is 10.5. The number of nitrogens with one attached hydrogen (secondary N) is 2. The SMILES string of the molecule is CCNNc1nc(C)n(-c2ccc(O)c(O)c2)c(=O)n1. The van der Waals surface area contributed by atoms with Gasteiger partial charge in [0.25, 0.3) is 0 Å². The monoisotopic (exact) mass is 277 g/mol. The molecule has 0 aliphatic heterocycles. The van der Waals surface area contributed by atoms with Crippen LogP contribution in [0, 0.1) is 6.92 Å². The molecule has 0 aliphatic rings. The van der Waals surface area contributed by atoms with E-state index in [0.29, 0.717) is 18.1 Å². The third-order valence-electron chi connectivity index (χ3n) is 2.58. The number of hydrogen-bond donors (Lipinski definition) is 4. The van der Waals surface area contributed by atoms with Crippen molar-refractivity contribution >= 4 is 5.95 Å². The maximum Gasteiger partial charge on any atom is 0.356 e. The van der Waals surface area contributed by atoms with Crippen LogP contribution in [0.15, 0.2) is 23.0 Å². The molecule has 2 rings (SSSR count). The lowest BCUT2D eigenvalue weighted by atomic mass is 10.2. The number of phenolic OH excluding ortho intramolecular Hbond substituents is 2. The van der Waals surface area contributed by atoms with E-state index in [0.717, 1.165) is 0 Å². The van der Waals surface area contributed by atoms with Crippen molar-refractivity contribution in [1.29, 1.82) is 0 Å². The lowest BCUT2D eigenvalue weighted by Gasteiger charge is -2.11. The fourth-order valence-corrected chi connectivity index (χ4v) is 1.68. The summed E-state index contributed by atoms with van der Waals surface area (Å²) in [4.78, 5) is 19.9. The number of rotatable bonds is 4. The summed E-state index contributed by atoms with van der Waals surface area (Å²) in [5, 5.41) is 18.8. The molecule has 2 aromatic rings. The van der Waals surface area contributed by atoms with Crippen LogP contribution in [0.5, 0.6) is 11.5 Å². The molecule has 1 aromatic heterocycles. The zero-order valence-electron chi connectivity index (χ0n) is 11.1. The molecule has 0 aliphatic carbocycles. The van der Waals surface area contributed by atoms with Crippen LogP contribution in [0.1, 0.15) is 12.7 Å². The van der Waals surface area contributed by atoms with Gasteiger partial charge in [0.05, 0.1) is 5.69 Å². The third kappa shape index (κ3) is 2.69. The second-order valence-electron chi connectivity index (χ2n) is 4.04. The van der Waals surface area contributed by atoms with E-state index >= 15 is 0 Å². The lowest BCUT2D eigenvalue weighted by molar-refractivity contribution is 0.403. The number of hydrogen-bond acceptors (Lipinski definition) is 7. The Labute approximate surface area is 114 Å². The molecular formula is C12H15N5O3. The van der Waals surface area contributed by atoms with E-state index in [9.17, 15) is 15.0 Å². The number of nitrogens with zero attached hydrogens (tertiary/aromatic N) is 3. The minimum Gasteiger partial charge on any atom is -0.504 e. The minimum atomic E-state index is -0.539. The van der Waals surface area contributed by atoms with Crippen LogP contribution < -0.4 is 16.5 Å². The number of benzene rings is 1. The first-order chi connectivity index (χ1) is 9.52. The molecule has 0 bridgehead atoms. The number of anilines is 1. The molecule has 0 saturated carbocycles. The summed E-state index contributed by atoms with van der Waals surface area (Å²) in [6, 6.07) is 4.05. The Morgan fingerprint density at radius 2 is 2.00 bits per heavy atom. The topological polar surface area (TPSA) is 112 Å². The van der Waals surface area contributed by atoms with Crippen LogP contribution in [-0.4, -0.2) is 31.3 Å². The van der Waals surface area contributed by atoms with Crippen LogP contribution >= 0.6 is 0 Å². The molecule has 0 saturated heterocycles. The fraction of sp³-hybridized carbons (Fsp3) is 0.250. The minimum absolute atomic E-state index is 0.175. The second kappa shape index (κ2) is 5.57.